The predicted molar refractivity (Wildman–Crippen MR) is 94.3 cm³/mol. The third kappa shape index (κ3) is 5.46. The number of thiocarbonyl (C=S) groups is 1. The Morgan fingerprint density at radius 2 is 1.77 bits per heavy atom. The molecule has 0 saturated heterocycles. The number of hydrazone groups is 1. The van der Waals surface area contributed by atoms with Crippen molar-refractivity contribution in [3.63, 3.8) is 0 Å². The van der Waals surface area contributed by atoms with Crippen LogP contribution in [0.15, 0.2) is 65.3 Å². The lowest BCUT2D eigenvalue weighted by Gasteiger charge is -2.06. The molecular formula is C17H16FN3S. The van der Waals surface area contributed by atoms with Gasteiger partial charge in [0.1, 0.15) is 5.82 Å². The minimum Gasteiger partial charge on any atom is -0.331 e. The van der Waals surface area contributed by atoms with Gasteiger partial charge in [-0.25, -0.2) is 4.39 Å². The highest BCUT2D eigenvalue weighted by Gasteiger charge is 1.96. The summed E-state index contributed by atoms with van der Waals surface area (Å²) >= 11 is 5.10. The Morgan fingerprint density at radius 3 is 2.45 bits per heavy atom. The molecule has 2 N–H and O–H groups in total. The van der Waals surface area contributed by atoms with Crippen LogP contribution >= 0.6 is 12.2 Å². The summed E-state index contributed by atoms with van der Waals surface area (Å²) in [5.74, 6) is -0.288. The van der Waals surface area contributed by atoms with Crippen LogP contribution in [0.5, 0.6) is 0 Å². The Bertz CT molecular complexity index is 679. The summed E-state index contributed by atoms with van der Waals surface area (Å²) in [5.41, 5.74) is 5.52. The van der Waals surface area contributed by atoms with E-state index in [4.69, 9.17) is 12.2 Å². The Morgan fingerprint density at radius 1 is 1.09 bits per heavy atom. The van der Waals surface area contributed by atoms with Crippen LogP contribution in [0.1, 0.15) is 12.5 Å². The van der Waals surface area contributed by atoms with E-state index in [1.807, 2.05) is 43.3 Å². The first-order valence-electron chi connectivity index (χ1n) is 6.72. The Balaban J connectivity index is 1.85. The molecule has 0 spiro atoms. The van der Waals surface area contributed by atoms with Crippen molar-refractivity contribution in [1.29, 1.82) is 0 Å². The lowest BCUT2D eigenvalue weighted by Crippen LogP contribution is -2.23. The normalized spacial score (nSPS) is 11.5. The summed E-state index contributed by atoms with van der Waals surface area (Å²) in [6, 6.07) is 15.9. The summed E-state index contributed by atoms with van der Waals surface area (Å²) < 4.78 is 12.8. The molecule has 0 radical (unpaired) electrons. The molecule has 112 valence electrons. The lowest BCUT2D eigenvalue weighted by atomic mass is 10.1. The SMILES string of the molecule is CC(=C/c1ccccc1)/C=N/NC(=S)Nc1ccc(F)cc1. The maximum absolute atomic E-state index is 12.8. The number of allylic oxidation sites excluding steroid dienone is 1. The second-order valence-corrected chi connectivity index (χ2v) is 5.04. The standard InChI is InChI=1S/C17H16FN3S/c1-13(11-14-5-3-2-4-6-14)12-19-21-17(22)20-16-9-7-15(18)8-10-16/h2-12H,1H3,(H2,20,21,22)/b13-11-,19-12+. The summed E-state index contributed by atoms with van der Waals surface area (Å²) in [6.07, 6.45) is 3.70. The first kappa shape index (κ1) is 15.9. The van der Waals surface area contributed by atoms with Crippen LogP contribution in [0.2, 0.25) is 0 Å². The highest BCUT2D eigenvalue weighted by molar-refractivity contribution is 7.80. The number of nitrogens with zero attached hydrogens (tertiary/aromatic N) is 1. The maximum atomic E-state index is 12.8. The number of hydrogen-bond acceptors (Lipinski definition) is 2. The molecule has 2 aromatic carbocycles. The van der Waals surface area contributed by atoms with Crippen LogP contribution in [0, 0.1) is 5.82 Å². The number of benzene rings is 2. The number of anilines is 1. The van der Waals surface area contributed by atoms with Gasteiger partial charge in [-0.2, -0.15) is 5.10 Å². The third-order valence-corrected chi connectivity index (χ3v) is 2.92. The maximum Gasteiger partial charge on any atom is 0.191 e. The van der Waals surface area contributed by atoms with Crippen molar-refractivity contribution in [2.45, 2.75) is 6.92 Å². The van der Waals surface area contributed by atoms with Crippen LogP contribution in [0.25, 0.3) is 6.08 Å². The van der Waals surface area contributed by atoms with Crippen molar-refractivity contribution in [3.8, 4) is 0 Å². The fourth-order valence-electron chi connectivity index (χ4n) is 1.73. The highest BCUT2D eigenvalue weighted by Crippen LogP contribution is 2.08. The van der Waals surface area contributed by atoms with Crippen molar-refractivity contribution in [2.24, 2.45) is 5.10 Å². The molecule has 0 heterocycles. The Labute approximate surface area is 134 Å². The van der Waals surface area contributed by atoms with E-state index in [-0.39, 0.29) is 5.82 Å². The van der Waals surface area contributed by atoms with Gasteiger partial charge in [-0.1, -0.05) is 36.4 Å². The molecule has 0 bridgehead atoms. The monoisotopic (exact) mass is 313 g/mol. The molecule has 0 aliphatic carbocycles. The van der Waals surface area contributed by atoms with Gasteiger partial charge in [0.15, 0.2) is 5.11 Å². The van der Waals surface area contributed by atoms with E-state index >= 15 is 0 Å². The van der Waals surface area contributed by atoms with Crippen molar-refractivity contribution in [2.75, 3.05) is 5.32 Å². The van der Waals surface area contributed by atoms with Crippen LogP contribution in [-0.2, 0) is 0 Å². The average molecular weight is 313 g/mol. The average Bonchev–Trinajstić information content (AvgIpc) is 2.50. The number of rotatable bonds is 4. The molecule has 0 aromatic heterocycles. The predicted octanol–water partition coefficient (Wildman–Crippen LogP) is 4.20. The molecule has 0 amide bonds. The quantitative estimate of drug-likeness (QED) is 0.504. The van der Waals surface area contributed by atoms with E-state index in [1.165, 1.54) is 12.1 Å². The minimum absolute atomic E-state index is 0.288. The van der Waals surface area contributed by atoms with Gasteiger partial charge in [-0.05, 0) is 54.5 Å². The molecule has 0 unspecified atom stereocenters. The third-order valence-electron chi connectivity index (χ3n) is 2.73. The molecule has 0 aliphatic heterocycles. The van der Waals surface area contributed by atoms with E-state index in [0.29, 0.717) is 10.8 Å². The van der Waals surface area contributed by atoms with Gasteiger partial charge in [-0.15, -0.1) is 0 Å². The van der Waals surface area contributed by atoms with E-state index in [2.05, 4.69) is 15.8 Å². The van der Waals surface area contributed by atoms with Crippen LogP contribution in [0.3, 0.4) is 0 Å². The van der Waals surface area contributed by atoms with E-state index in [9.17, 15) is 4.39 Å². The summed E-state index contributed by atoms with van der Waals surface area (Å²) in [4.78, 5) is 0. The molecule has 0 fully saturated rings. The van der Waals surface area contributed by atoms with Gasteiger partial charge in [0.25, 0.3) is 0 Å². The van der Waals surface area contributed by atoms with E-state index in [0.717, 1.165) is 11.1 Å². The van der Waals surface area contributed by atoms with E-state index < -0.39 is 0 Å². The van der Waals surface area contributed by atoms with Gasteiger partial charge in [0, 0.05) is 5.69 Å². The van der Waals surface area contributed by atoms with Gasteiger partial charge < -0.3 is 5.32 Å². The van der Waals surface area contributed by atoms with Crippen LogP contribution in [-0.4, -0.2) is 11.3 Å². The van der Waals surface area contributed by atoms with Gasteiger partial charge >= 0.3 is 0 Å². The smallest absolute Gasteiger partial charge is 0.191 e. The molecular weight excluding hydrogens is 297 g/mol. The minimum atomic E-state index is -0.288. The van der Waals surface area contributed by atoms with Crippen molar-refractivity contribution < 1.29 is 4.39 Å². The zero-order valence-corrected chi connectivity index (χ0v) is 12.9. The zero-order valence-electron chi connectivity index (χ0n) is 12.1. The summed E-state index contributed by atoms with van der Waals surface area (Å²) in [6.45, 7) is 1.95. The molecule has 22 heavy (non-hydrogen) atoms. The largest absolute Gasteiger partial charge is 0.331 e. The highest BCUT2D eigenvalue weighted by atomic mass is 32.1. The van der Waals surface area contributed by atoms with Crippen molar-refractivity contribution in [3.05, 3.63) is 71.6 Å². The second-order valence-electron chi connectivity index (χ2n) is 4.63. The second kappa shape index (κ2) is 8.05. The molecule has 2 rings (SSSR count). The zero-order chi connectivity index (χ0) is 15.8. The van der Waals surface area contributed by atoms with Gasteiger partial charge in [0.2, 0.25) is 0 Å². The Hall–Kier alpha value is -2.53. The van der Waals surface area contributed by atoms with Crippen molar-refractivity contribution in [1.82, 2.24) is 5.43 Å². The molecule has 5 heteroatoms. The molecule has 0 atom stereocenters. The lowest BCUT2D eigenvalue weighted by molar-refractivity contribution is 0.628. The Kier molecular flexibility index (Phi) is 5.80. The first-order chi connectivity index (χ1) is 10.6. The molecule has 3 nitrogen and oxygen atoms in total. The first-order valence-corrected chi connectivity index (χ1v) is 7.13. The van der Waals surface area contributed by atoms with Crippen LogP contribution in [0.4, 0.5) is 10.1 Å². The van der Waals surface area contributed by atoms with E-state index in [1.54, 1.807) is 18.3 Å². The fourth-order valence-corrected chi connectivity index (χ4v) is 1.90. The van der Waals surface area contributed by atoms with Crippen LogP contribution < -0.4 is 10.7 Å². The fraction of sp³-hybridized carbons (Fsp3) is 0.0588. The molecule has 0 saturated carbocycles. The number of nitrogens with one attached hydrogen (secondary N) is 2. The number of halogens is 1. The van der Waals surface area contributed by atoms with Crippen molar-refractivity contribution >= 4 is 35.3 Å². The molecule has 0 aliphatic rings. The van der Waals surface area contributed by atoms with Gasteiger partial charge in [-0.3, -0.25) is 5.43 Å². The van der Waals surface area contributed by atoms with Gasteiger partial charge in [0.05, 0.1) is 6.21 Å². The molecule has 2 aromatic rings. The topological polar surface area (TPSA) is 36.4 Å². The summed E-state index contributed by atoms with van der Waals surface area (Å²) in [7, 11) is 0. The number of hydrogen-bond donors (Lipinski definition) is 2. The summed E-state index contributed by atoms with van der Waals surface area (Å²) in [5, 5.41) is 7.32.